The monoisotopic (exact) mass is 146 g/mol. The van der Waals surface area contributed by atoms with E-state index in [4.69, 9.17) is 29.5 Å². The van der Waals surface area contributed by atoms with Gasteiger partial charge in [-0.25, -0.2) is 4.57 Å². The maximum Gasteiger partial charge on any atom is 0.466 e. The molecule has 0 radical (unpaired) electrons. The molecule has 0 amide bonds. The highest BCUT2D eigenvalue weighted by molar-refractivity contribution is 7.45. The highest BCUT2D eigenvalue weighted by atomic mass is 31.2. The number of phosphoric acid groups is 1. The van der Waals surface area contributed by atoms with Crippen molar-refractivity contribution in [2.45, 2.75) is 0 Å². The Labute approximate surface area is 43.3 Å². The third-order valence-corrected chi connectivity index (χ3v) is 0. The minimum absolute atomic E-state index is 1.75. The fourth-order valence-electron chi connectivity index (χ4n) is 0. The van der Waals surface area contributed by atoms with Gasteiger partial charge in [0.2, 0.25) is 0 Å². The molecule has 7 nitrogen and oxygen atoms in total. The van der Waals surface area contributed by atoms with Gasteiger partial charge in [0.1, 0.15) is 0 Å². The van der Waals surface area contributed by atoms with Crippen LogP contribution in [-0.2, 0) is 4.57 Å². The molecule has 0 aromatic carbocycles. The lowest BCUT2D eigenvalue weighted by molar-refractivity contribution is -0.284. The molecule has 0 heterocycles. The van der Waals surface area contributed by atoms with Crippen molar-refractivity contribution in [2.24, 2.45) is 0 Å². The Kier molecular flexibility index (Phi) is 6.11. The molecule has 8 heavy (non-hydrogen) atoms. The van der Waals surface area contributed by atoms with Gasteiger partial charge >= 0.3 is 7.82 Å². The minimum atomic E-state index is -4.64. The molecule has 0 rings (SSSR count). The van der Waals surface area contributed by atoms with Crippen LogP contribution in [0.3, 0.4) is 0 Å². The molecule has 0 aliphatic carbocycles. The van der Waals surface area contributed by atoms with Crippen molar-refractivity contribution in [1.29, 1.82) is 0 Å². The first-order valence-corrected chi connectivity index (χ1v) is 2.68. The summed E-state index contributed by atoms with van der Waals surface area (Å²) in [5, 5.41) is 7.88. The third kappa shape index (κ3) is 467. The molecular weight excluding hydrogens is 143 g/mol. The average molecular weight is 146 g/mol. The summed E-state index contributed by atoms with van der Waals surface area (Å²) in [6.45, 7) is 0. The van der Waals surface area contributed by atoms with Crippen LogP contribution in [0.2, 0.25) is 0 Å². The van der Waals surface area contributed by atoms with Crippen LogP contribution in [0.1, 0.15) is 0 Å². The Morgan fingerprint density at radius 2 is 1.38 bits per heavy atom. The van der Waals surface area contributed by atoms with Gasteiger partial charge in [0, 0.05) is 0 Å². The van der Waals surface area contributed by atoms with Crippen LogP contribution in [0.25, 0.3) is 0 Å². The molecule has 0 atom stereocenters. The fourth-order valence-corrected chi connectivity index (χ4v) is 0. The van der Waals surface area contributed by atoms with Gasteiger partial charge in [-0.3, -0.25) is 0 Å². The first-order chi connectivity index (χ1) is 3.41. The van der Waals surface area contributed by atoms with Crippen LogP contribution in [0.4, 0.5) is 0 Å². The predicted molar refractivity (Wildman–Crippen MR) is 21.0 cm³/mol. The SMILES string of the molecule is O=P(O)(O)O.O=[O+][O-]. The normalized spacial score (nSPS) is 8.88. The summed E-state index contributed by atoms with van der Waals surface area (Å²) in [6.07, 6.45) is 0. The zero-order chi connectivity index (χ0) is 7.21. The van der Waals surface area contributed by atoms with Crippen molar-refractivity contribution in [3.05, 3.63) is 9.71 Å². The molecule has 0 aromatic rings. The minimum Gasteiger partial charge on any atom is -0.303 e. The molecule has 0 spiro atoms. The quantitative estimate of drug-likeness (QED) is 0.156. The molecule has 0 unspecified atom stereocenters. The summed E-state index contributed by atoms with van der Waals surface area (Å²) < 4.78 is 10.6. The molecule has 0 saturated carbocycles. The highest BCUT2D eigenvalue weighted by Gasteiger charge is 2.00. The van der Waals surface area contributed by atoms with Gasteiger partial charge in [-0.05, 0) is 0 Å². The van der Waals surface area contributed by atoms with E-state index in [1.807, 2.05) is 0 Å². The Hall–Kier alpha value is -0.490. The van der Waals surface area contributed by atoms with E-state index < -0.39 is 7.82 Å². The largest absolute Gasteiger partial charge is 0.466 e. The van der Waals surface area contributed by atoms with E-state index in [9.17, 15) is 0 Å². The van der Waals surface area contributed by atoms with E-state index in [1.165, 1.54) is 0 Å². The molecular formula is H3O7P. The van der Waals surface area contributed by atoms with Crippen LogP contribution in [0.5, 0.6) is 0 Å². The summed E-state index contributed by atoms with van der Waals surface area (Å²) in [6, 6.07) is 0. The van der Waals surface area contributed by atoms with E-state index in [1.54, 1.807) is 4.75 Å². The predicted octanol–water partition coefficient (Wildman–Crippen LogP) is -2.05. The topological polar surface area (TPSA) is 129 Å². The second kappa shape index (κ2) is 4.66. The van der Waals surface area contributed by atoms with Crippen molar-refractivity contribution >= 4 is 7.82 Å². The number of hydrogen-bond acceptors (Lipinski definition) is 3. The summed E-state index contributed by atoms with van der Waals surface area (Å²) in [7, 11) is -4.64. The van der Waals surface area contributed by atoms with Gasteiger partial charge < -0.3 is 14.7 Å². The first kappa shape index (κ1) is 10.5. The molecule has 3 N–H and O–H groups in total. The fraction of sp³-hybridized carbons (Fsp3) is 0. The van der Waals surface area contributed by atoms with E-state index >= 15 is 0 Å². The van der Waals surface area contributed by atoms with Gasteiger partial charge in [-0.2, -0.15) is 0 Å². The first-order valence-electron chi connectivity index (χ1n) is 1.12. The van der Waals surface area contributed by atoms with E-state index in [0.717, 1.165) is 0 Å². The third-order valence-electron chi connectivity index (χ3n) is 0. The second-order valence-corrected chi connectivity index (χ2v) is 1.61. The van der Waals surface area contributed by atoms with Crippen LogP contribution < -0.4 is 5.26 Å². The second-order valence-electron chi connectivity index (χ2n) is 0.581. The maximum atomic E-state index is 8.88. The van der Waals surface area contributed by atoms with Crippen LogP contribution >= 0.6 is 7.82 Å². The van der Waals surface area contributed by atoms with E-state index in [0.29, 0.717) is 0 Å². The Balaban J connectivity index is 0. The molecule has 0 saturated heterocycles. The number of hydrogen-bond donors (Lipinski definition) is 3. The average Bonchev–Trinajstić information content (AvgIpc) is 1.27. The lowest BCUT2D eigenvalue weighted by atomic mass is 14.8. The van der Waals surface area contributed by atoms with Crippen molar-refractivity contribution in [1.82, 2.24) is 0 Å². The highest BCUT2D eigenvalue weighted by Crippen LogP contribution is 2.25. The van der Waals surface area contributed by atoms with Gasteiger partial charge in [0.25, 0.3) is 0 Å². The van der Waals surface area contributed by atoms with Gasteiger partial charge in [0.15, 0.2) is 4.75 Å². The maximum absolute atomic E-state index is 8.88. The Morgan fingerprint density at radius 3 is 1.38 bits per heavy atom. The van der Waals surface area contributed by atoms with Crippen molar-refractivity contribution in [3.8, 4) is 0 Å². The zero-order valence-electron chi connectivity index (χ0n) is 3.42. The molecule has 0 aromatic heterocycles. The summed E-state index contributed by atoms with van der Waals surface area (Å²) in [4.78, 5) is 29.4. The van der Waals surface area contributed by atoms with E-state index in [2.05, 4.69) is 0 Å². The van der Waals surface area contributed by atoms with Gasteiger partial charge in [0.05, 0.1) is 0 Å². The van der Waals surface area contributed by atoms with E-state index in [-0.39, 0.29) is 0 Å². The molecule has 0 bridgehead atoms. The number of rotatable bonds is 0. The zero-order valence-corrected chi connectivity index (χ0v) is 4.32. The Morgan fingerprint density at radius 1 is 1.38 bits per heavy atom. The van der Waals surface area contributed by atoms with Crippen molar-refractivity contribution in [3.63, 3.8) is 0 Å². The standard InChI is InChI=1S/H3O4P.O3/c1-5(2,3)4;1-3-2/h(H3,1,2,3,4);. The van der Waals surface area contributed by atoms with Crippen molar-refractivity contribution in [2.75, 3.05) is 0 Å². The molecule has 8 heteroatoms. The smallest absolute Gasteiger partial charge is 0.303 e. The molecule has 0 aliphatic heterocycles. The summed E-state index contributed by atoms with van der Waals surface area (Å²) in [5.74, 6) is 0. The molecule has 50 valence electrons. The lowest BCUT2D eigenvalue weighted by Gasteiger charge is -1.82. The van der Waals surface area contributed by atoms with Crippen LogP contribution in [0, 0.1) is 9.71 Å². The molecule has 0 fully saturated rings. The van der Waals surface area contributed by atoms with Crippen LogP contribution in [0.15, 0.2) is 0 Å². The summed E-state index contributed by atoms with van der Waals surface area (Å²) >= 11 is 0. The summed E-state index contributed by atoms with van der Waals surface area (Å²) in [5.41, 5.74) is 0. The van der Waals surface area contributed by atoms with Crippen molar-refractivity contribution < 1.29 is 24.5 Å². The molecule has 0 aliphatic rings. The lowest BCUT2D eigenvalue weighted by Crippen LogP contribution is -1.82. The van der Waals surface area contributed by atoms with Gasteiger partial charge in [-0.1, -0.05) is 10.2 Å². The van der Waals surface area contributed by atoms with Crippen LogP contribution in [-0.4, -0.2) is 14.7 Å². The van der Waals surface area contributed by atoms with Gasteiger partial charge in [-0.15, -0.1) is 0 Å². The Bertz CT molecular complexity index is 78.3.